The van der Waals surface area contributed by atoms with Gasteiger partial charge in [0.15, 0.2) is 5.82 Å². The fourth-order valence-corrected chi connectivity index (χ4v) is 6.91. The lowest BCUT2D eigenvalue weighted by molar-refractivity contribution is -0.608. The molecule has 3 aromatic carbocycles. The minimum Gasteiger partial charge on any atom is -0.458 e. The molecule has 0 unspecified atom stereocenters. The first-order valence-corrected chi connectivity index (χ1v) is 19.4. The van der Waals surface area contributed by atoms with Crippen molar-refractivity contribution < 1.29 is 17.5 Å². The number of ether oxygens (including phenoxy) is 1. The van der Waals surface area contributed by atoms with E-state index in [-0.39, 0.29) is 11.1 Å². The fraction of sp³-hybridized carbons (Fsp3) is 0.380. The van der Waals surface area contributed by atoms with Crippen molar-refractivity contribution in [3.8, 4) is 28.8 Å². The third-order valence-corrected chi connectivity index (χ3v) is 9.10. The highest BCUT2D eigenvalue weighted by Gasteiger charge is 2.22. The number of hydrogen-bond donors (Lipinski definition) is 0. The van der Waals surface area contributed by atoms with Gasteiger partial charge in [-0.05, 0) is 94.9 Å². The minimum absolute atomic E-state index is 0.0619. The summed E-state index contributed by atoms with van der Waals surface area (Å²) in [6.45, 7) is 23.0. The lowest BCUT2D eigenvalue weighted by Crippen LogP contribution is -2.36. The van der Waals surface area contributed by atoms with E-state index in [1.54, 1.807) is 51.9 Å². The first kappa shape index (κ1) is 31.9. The summed E-state index contributed by atoms with van der Waals surface area (Å²) >= 11 is 0. The lowest BCUT2D eigenvalue weighted by Gasteiger charge is -2.23. The maximum atomic E-state index is 9.47. The van der Waals surface area contributed by atoms with Crippen LogP contribution in [-0.2, 0) is 24.5 Å². The average Bonchev–Trinajstić information content (AvgIpc) is 3.77. The number of hydrogen-bond acceptors (Lipinski definition) is 3. The molecule has 6 nitrogen and oxygen atoms in total. The molecule has 0 bridgehead atoms. The van der Waals surface area contributed by atoms with Crippen LogP contribution in [0.25, 0.3) is 39.1 Å². The molecule has 0 fully saturated rings. The van der Waals surface area contributed by atoms with Gasteiger partial charge >= 0.3 is 0 Å². The molecular formula is C50H59N5O. The van der Waals surface area contributed by atoms with E-state index in [0.717, 1.165) is 27.6 Å². The number of fused-ring (bicyclic) bond motifs is 3. The summed E-state index contributed by atoms with van der Waals surface area (Å²) in [7, 11) is 0. The Morgan fingerprint density at radius 3 is 1.89 bits per heavy atom. The molecule has 7 aromatic rings. The van der Waals surface area contributed by atoms with Crippen LogP contribution in [0.1, 0.15) is 114 Å². The zero-order valence-electron chi connectivity index (χ0n) is 41.0. The monoisotopic (exact) mass is 752 g/mol. The number of imidazole rings is 1. The number of aromatic nitrogens is 5. The number of para-hydroxylation sites is 1. The topological polar surface area (TPSA) is 48.8 Å². The van der Waals surface area contributed by atoms with E-state index in [1.165, 1.54) is 5.56 Å². The quantitative estimate of drug-likeness (QED) is 0.115. The molecule has 0 N–H and O–H groups in total. The molecule has 290 valence electrons. The molecule has 4 aromatic heterocycles. The van der Waals surface area contributed by atoms with E-state index in [4.69, 9.17) is 9.72 Å². The molecule has 0 aliphatic heterocycles. The van der Waals surface area contributed by atoms with Crippen LogP contribution in [0, 0.1) is 22.6 Å². The van der Waals surface area contributed by atoms with E-state index in [9.17, 15) is 8.22 Å². The zero-order chi connectivity index (χ0) is 45.6. The van der Waals surface area contributed by atoms with Gasteiger partial charge in [-0.25, -0.2) is 4.98 Å². The van der Waals surface area contributed by atoms with Gasteiger partial charge in [0.1, 0.15) is 17.3 Å². The van der Waals surface area contributed by atoms with Crippen molar-refractivity contribution in [3.05, 3.63) is 132 Å². The Balaban J connectivity index is 1.36. The predicted molar refractivity (Wildman–Crippen MR) is 231 cm³/mol. The summed E-state index contributed by atoms with van der Waals surface area (Å²) < 4.78 is 67.8. The second-order valence-corrected chi connectivity index (χ2v) is 18.8. The molecule has 0 atom stereocenters. The van der Waals surface area contributed by atoms with Crippen LogP contribution in [0.15, 0.2) is 104 Å². The van der Waals surface area contributed by atoms with Gasteiger partial charge in [0.2, 0.25) is 0 Å². The number of nitrogens with zero attached hydrogens (tertiary/aromatic N) is 5. The standard InChI is InChI=1S/C50H59N5O/c1-47(2,3)29-34-23-35(30-48(4,5)6)25-37(24-34)54-33-53(32-38(54)31-49(7,8)9)45-28-40(20-22-51-45)56-39-17-18-42-41-15-13-14-16-43(41)55(44(42)27-39)46-26-36(19-21-52-46)50(10,11)12/h13-28,32H,29-31H2,1-12H3/i29D2,30D2,31D2. The number of pyridine rings is 2. The van der Waals surface area contributed by atoms with Crippen molar-refractivity contribution in [2.75, 3.05) is 0 Å². The normalized spacial score (nSPS) is 15.2. The van der Waals surface area contributed by atoms with Crippen molar-refractivity contribution >= 4 is 21.8 Å². The molecule has 0 spiro atoms. The second kappa shape index (κ2) is 14.4. The van der Waals surface area contributed by atoms with Crippen molar-refractivity contribution in [3.63, 3.8) is 0 Å². The van der Waals surface area contributed by atoms with Crippen LogP contribution < -0.4 is 9.30 Å². The highest BCUT2D eigenvalue weighted by molar-refractivity contribution is 6.09. The Bertz CT molecular complexity index is 2770. The summed E-state index contributed by atoms with van der Waals surface area (Å²) in [5, 5.41) is 2.17. The highest BCUT2D eigenvalue weighted by Crippen LogP contribution is 2.36. The highest BCUT2D eigenvalue weighted by atomic mass is 16.5. The summed E-state index contributed by atoms with van der Waals surface area (Å²) in [6.07, 6.45) is 2.81. The first-order chi connectivity index (χ1) is 28.5. The molecule has 0 saturated heterocycles. The largest absolute Gasteiger partial charge is 0.458 e. The Labute approximate surface area is 342 Å². The second-order valence-electron chi connectivity index (χ2n) is 18.8. The zero-order valence-corrected chi connectivity index (χ0v) is 35.0. The van der Waals surface area contributed by atoms with E-state index < -0.39 is 35.4 Å². The number of rotatable bonds is 8. The Morgan fingerprint density at radius 1 is 0.625 bits per heavy atom. The molecule has 56 heavy (non-hydrogen) atoms. The molecule has 6 heteroatoms. The van der Waals surface area contributed by atoms with Crippen LogP contribution in [-0.4, -0.2) is 19.1 Å². The van der Waals surface area contributed by atoms with Gasteiger partial charge in [0.05, 0.1) is 22.4 Å². The van der Waals surface area contributed by atoms with Gasteiger partial charge in [-0.3, -0.25) is 18.7 Å². The Kier molecular flexibility index (Phi) is 8.19. The smallest absolute Gasteiger partial charge is 0.270 e. The Morgan fingerprint density at radius 2 is 1.23 bits per heavy atom. The van der Waals surface area contributed by atoms with E-state index in [2.05, 4.69) is 67.0 Å². The van der Waals surface area contributed by atoms with Crippen LogP contribution in [0.3, 0.4) is 0 Å². The van der Waals surface area contributed by atoms with Crippen LogP contribution in [0.4, 0.5) is 0 Å². The molecule has 0 radical (unpaired) electrons. The van der Waals surface area contributed by atoms with Gasteiger partial charge in [-0.15, -0.1) is 0 Å². The maximum Gasteiger partial charge on any atom is 0.270 e. The van der Waals surface area contributed by atoms with Gasteiger partial charge in [-0.2, -0.15) is 0 Å². The predicted octanol–water partition coefficient (Wildman–Crippen LogP) is 12.3. The third-order valence-electron chi connectivity index (χ3n) is 9.10. The molecule has 7 rings (SSSR count). The molecule has 0 aliphatic carbocycles. The van der Waals surface area contributed by atoms with E-state index in [0.29, 0.717) is 34.1 Å². The average molecular weight is 752 g/mol. The maximum absolute atomic E-state index is 9.47. The van der Waals surface area contributed by atoms with Crippen LogP contribution in [0.2, 0.25) is 0 Å². The molecule has 0 aliphatic rings. The van der Waals surface area contributed by atoms with Crippen LogP contribution >= 0.6 is 0 Å². The summed E-state index contributed by atoms with van der Waals surface area (Å²) in [5.74, 6) is 2.33. The minimum atomic E-state index is -1.93. The first-order valence-electron chi connectivity index (χ1n) is 22.4. The van der Waals surface area contributed by atoms with Crippen molar-refractivity contribution in [1.29, 1.82) is 0 Å². The Hall–Kier alpha value is -5.23. The van der Waals surface area contributed by atoms with Crippen molar-refractivity contribution in [2.45, 2.75) is 108 Å². The SMILES string of the molecule is [2H]C([2H])(c1cc(-[n+]2[c-]n(-c3cc(Oc4ccc5c6ccccc6n(-c6cc(C(C)(C)C)ccn6)c5c4)ccn3)cc2C([2H])([2H])C(C)(C)C)cc(C([2H])([2H])C(C)(C)C)c1)C(C)(C)C. The van der Waals surface area contributed by atoms with Crippen molar-refractivity contribution in [2.24, 2.45) is 16.2 Å². The van der Waals surface area contributed by atoms with Gasteiger partial charge in [0.25, 0.3) is 6.33 Å². The van der Waals surface area contributed by atoms with Gasteiger partial charge < -0.3 is 4.74 Å². The van der Waals surface area contributed by atoms with E-state index >= 15 is 0 Å². The molecule has 0 saturated carbocycles. The van der Waals surface area contributed by atoms with Crippen LogP contribution in [0.5, 0.6) is 11.5 Å². The third kappa shape index (κ3) is 8.91. The number of benzene rings is 3. The lowest BCUT2D eigenvalue weighted by atomic mass is 9.84. The fourth-order valence-electron chi connectivity index (χ4n) is 6.91. The van der Waals surface area contributed by atoms with E-state index in [1.807, 2.05) is 92.8 Å². The summed E-state index contributed by atoms with van der Waals surface area (Å²) in [5.41, 5.74) is 1.78. The molecular weight excluding hydrogens is 687 g/mol. The summed E-state index contributed by atoms with van der Waals surface area (Å²) in [6, 6.07) is 27.1. The molecule has 4 heterocycles. The van der Waals surface area contributed by atoms with Crippen molar-refractivity contribution in [1.82, 2.24) is 19.1 Å². The summed E-state index contributed by atoms with van der Waals surface area (Å²) in [4.78, 5) is 9.48. The van der Waals surface area contributed by atoms with Gasteiger partial charge in [0, 0.05) is 49.7 Å². The molecule has 0 amide bonds. The van der Waals surface area contributed by atoms with Gasteiger partial charge in [-0.1, -0.05) is 118 Å².